The van der Waals surface area contributed by atoms with Gasteiger partial charge in [0.1, 0.15) is 0 Å². The van der Waals surface area contributed by atoms with Gasteiger partial charge in [0.15, 0.2) is 0 Å². The zero-order chi connectivity index (χ0) is 11.6. The van der Waals surface area contributed by atoms with E-state index in [1.165, 1.54) is 6.92 Å². The molecule has 2 aliphatic rings. The van der Waals surface area contributed by atoms with Gasteiger partial charge >= 0.3 is 5.97 Å². The Labute approximate surface area is 95.4 Å². The zero-order valence-electron chi connectivity index (χ0n) is 9.86. The molecule has 2 saturated heterocycles. The summed E-state index contributed by atoms with van der Waals surface area (Å²) in [4.78, 5) is 17.6. The fourth-order valence-electron chi connectivity index (χ4n) is 2.24. The highest BCUT2D eigenvalue weighted by atomic mass is 16.7. The minimum Gasteiger partial charge on any atom is -0.368 e. The van der Waals surface area contributed by atoms with Gasteiger partial charge < -0.3 is 14.5 Å². The summed E-state index contributed by atoms with van der Waals surface area (Å²) in [6.07, 6.45) is 2.86. The third kappa shape index (κ3) is 2.59. The van der Waals surface area contributed by atoms with Crippen LogP contribution in [0.4, 0.5) is 0 Å². The molecule has 5 nitrogen and oxygen atoms in total. The Bertz CT molecular complexity index is 306. The van der Waals surface area contributed by atoms with E-state index >= 15 is 0 Å². The summed E-state index contributed by atoms with van der Waals surface area (Å²) in [6, 6.07) is 0. The number of hydrogen-bond acceptors (Lipinski definition) is 5. The van der Waals surface area contributed by atoms with Crippen LogP contribution in [0.3, 0.4) is 0 Å². The van der Waals surface area contributed by atoms with Crippen molar-refractivity contribution in [2.75, 3.05) is 26.7 Å². The number of hydrogen-bond donors (Lipinski definition) is 0. The number of carbonyl (C=O) groups excluding carboxylic acids is 1. The normalized spacial score (nSPS) is 27.5. The number of piperidine rings is 1. The van der Waals surface area contributed by atoms with Gasteiger partial charge in [-0.2, -0.15) is 0 Å². The molecule has 0 atom stereocenters. The maximum atomic E-state index is 10.6. The van der Waals surface area contributed by atoms with E-state index in [9.17, 15) is 4.79 Å². The summed E-state index contributed by atoms with van der Waals surface area (Å²) in [5.74, 6) is -0.378. The van der Waals surface area contributed by atoms with Gasteiger partial charge in [0.2, 0.25) is 0 Å². The molecule has 0 amide bonds. The molecule has 1 spiro atoms. The van der Waals surface area contributed by atoms with Crippen molar-refractivity contribution in [1.82, 2.24) is 4.90 Å². The van der Waals surface area contributed by atoms with Gasteiger partial charge in [-0.15, -0.1) is 0 Å². The first-order valence-electron chi connectivity index (χ1n) is 5.65. The molecular weight excluding hydrogens is 208 g/mol. The Morgan fingerprint density at radius 3 is 2.81 bits per heavy atom. The van der Waals surface area contributed by atoms with Crippen molar-refractivity contribution in [1.29, 1.82) is 0 Å². The molecule has 0 saturated carbocycles. The summed E-state index contributed by atoms with van der Waals surface area (Å²) in [7, 11) is 2.12. The molecule has 0 bridgehead atoms. The minimum absolute atomic E-state index is 0.0501. The SMILES string of the molecule is CC(=O)ON=C1COC2(CCN(C)CC2)C1. The van der Waals surface area contributed by atoms with Gasteiger partial charge in [-0.25, -0.2) is 4.79 Å². The first kappa shape index (κ1) is 11.5. The lowest BCUT2D eigenvalue weighted by atomic mass is 9.88. The largest absolute Gasteiger partial charge is 0.368 e. The highest BCUT2D eigenvalue weighted by Crippen LogP contribution is 2.34. The Hall–Kier alpha value is -0.940. The molecule has 2 fully saturated rings. The highest BCUT2D eigenvalue weighted by molar-refractivity contribution is 5.88. The summed E-state index contributed by atoms with van der Waals surface area (Å²) in [6.45, 7) is 3.96. The molecule has 2 heterocycles. The first-order valence-corrected chi connectivity index (χ1v) is 5.65. The van der Waals surface area contributed by atoms with Crippen LogP contribution >= 0.6 is 0 Å². The summed E-state index contributed by atoms with van der Waals surface area (Å²) < 4.78 is 5.83. The van der Waals surface area contributed by atoms with E-state index in [4.69, 9.17) is 4.74 Å². The summed E-state index contributed by atoms with van der Waals surface area (Å²) in [5.41, 5.74) is 0.797. The first-order chi connectivity index (χ1) is 7.60. The van der Waals surface area contributed by atoms with Crippen molar-refractivity contribution in [3.63, 3.8) is 0 Å². The molecule has 0 aliphatic carbocycles. The highest BCUT2D eigenvalue weighted by Gasteiger charge is 2.40. The van der Waals surface area contributed by atoms with Gasteiger partial charge in [0, 0.05) is 26.4 Å². The Kier molecular flexibility index (Phi) is 3.25. The van der Waals surface area contributed by atoms with E-state index in [0.29, 0.717) is 6.61 Å². The molecule has 0 aromatic rings. The third-order valence-electron chi connectivity index (χ3n) is 3.27. The van der Waals surface area contributed by atoms with Crippen LogP contribution in [-0.2, 0) is 14.4 Å². The molecule has 0 radical (unpaired) electrons. The lowest BCUT2D eigenvalue weighted by molar-refractivity contribution is -0.140. The molecule has 0 N–H and O–H groups in total. The fourth-order valence-corrected chi connectivity index (χ4v) is 2.24. The van der Waals surface area contributed by atoms with Crippen LogP contribution in [0.5, 0.6) is 0 Å². The van der Waals surface area contributed by atoms with E-state index in [1.807, 2.05) is 0 Å². The van der Waals surface area contributed by atoms with Crippen LogP contribution in [0, 0.1) is 0 Å². The monoisotopic (exact) mass is 226 g/mol. The van der Waals surface area contributed by atoms with E-state index in [-0.39, 0.29) is 11.6 Å². The second-order valence-corrected chi connectivity index (χ2v) is 4.69. The van der Waals surface area contributed by atoms with E-state index in [2.05, 4.69) is 21.9 Å². The number of carbonyl (C=O) groups is 1. The molecule has 2 aliphatic heterocycles. The zero-order valence-corrected chi connectivity index (χ0v) is 9.86. The van der Waals surface area contributed by atoms with Gasteiger partial charge in [-0.1, -0.05) is 5.16 Å². The Morgan fingerprint density at radius 2 is 2.19 bits per heavy atom. The van der Waals surface area contributed by atoms with Crippen LogP contribution in [0.25, 0.3) is 0 Å². The lowest BCUT2D eigenvalue weighted by Gasteiger charge is -2.36. The molecule has 0 unspecified atom stereocenters. The second-order valence-electron chi connectivity index (χ2n) is 4.69. The standard InChI is InChI=1S/C11H18N2O3/c1-9(14)16-12-10-7-11(15-8-10)3-5-13(2)6-4-11/h3-8H2,1-2H3. The van der Waals surface area contributed by atoms with E-state index < -0.39 is 0 Å². The van der Waals surface area contributed by atoms with Crippen LogP contribution in [-0.4, -0.2) is 48.9 Å². The van der Waals surface area contributed by atoms with Crippen molar-refractivity contribution < 1.29 is 14.4 Å². The van der Waals surface area contributed by atoms with Crippen molar-refractivity contribution in [3.05, 3.63) is 0 Å². The van der Waals surface area contributed by atoms with Crippen LogP contribution < -0.4 is 0 Å². The predicted octanol–water partition coefficient (Wildman–Crippen LogP) is 0.790. The third-order valence-corrected chi connectivity index (χ3v) is 3.27. The number of nitrogens with zero attached hydrogens (tertiary/aromatic N) is 2. The van der Waals surface area contributed by atoms with E-state index in [1.54, 1.807) is 0 Å². The number of oxime groups is 1. The van der Waals surface area contributed by atoms with Crippen molar-refractivity contribution in [2.45, 2.75) is 31.8 Å². The molecule has 0 aromatic heterocycles. The van der Waals surface area contributed by atoms with Gasteiger partial charge in [-0.3, -0.25) is 0 Å². The quantitative estimate of drug-likeness (QED) is 0.490. The average molecular weight is 226 g/mol. The van der Waals surface area contributed by atoms with Crippen LogP contribution in [0.2, 0.25) is 0 Å². The Balaban J connectivity index is 1.92. The predicted molar refractivity (Wildman–Crippen MR) is 59.2 cm³/mol. The van der Waals surface area contributed by atoms with Crippen molar-refractivity contribution >= 4 is 11.7 Å². The van der Waals surface area contributed by atoms with Crippen LogP contribution in [0.1, 0.15) is 26.2 Å². The number of rotatable bonds is 1. The topological polar surface area (TPSA) is 51.1 Å². The lowest BCUT2D eigenvalue weighted by Crippen LogP contribution is -2.42. The smallest absolute Gasteiger partial charge is 0.331 e. The number of likely N-dealkylation sites (tertiary alicyclic amines) is 1. The number of ether oxygens (including phenoxy) is 1. The van der Waals surface area contributed by atoms with Crippen molar-refractivity contribution in [2.24, 2.45) is 5.16 Å². The summed E-state index contributed by atoms with van der Waals surface area (Å²) >= 11 is 0. The fraction of sp³-hybridized carbons (Fsp3) is 0.818. The Morgan fingerprint density at radius 1 is 1.50 bits per heavy atom. The maximum Gasteiger partial charge on any atom is 0.331 e. The van der Waals surface area contributed by atoms with E-state index in [0.717, 1.165) is 38.1 Å². The molecule has 16 heavy (non-hydrogen) atoms. The minimum atomic E-state index is -0.378. The average Bonchev–Trinajstić information content (AvgIpc) is 2.64. The van der Waals surface area contributed by atoms with Gasteiger partial charge in [0.25, 0.3) is 0 Å². The van der Waals surface area contributed by atoms with Crippen LogP contribution in [0.15, 0.2) is 5.16 Å². The maximum absolute atomic E-state index is 10.6. The van der Waals surface area contributed by atoms with Gasteiger partial charge in [0.05, 0.1) is 17.9 Å². The molecule has 5 heteroatoms. The molecule has 90 valence electrons. The molecular formula is C11H18N2O3. The van der Waals surface area contributed by atoms with Gasteiger partial charge in [-0.05, 0) is 19.9 Å². The molecule has 0 aromatic carbocycles. The summed E-state index contributed by atoms with van der Waals surface area (Å²) in [5, 5.41) is 3.82. The second kappa shape index (κ2) is 4.51. The van der Waals surface area contributed by atoms with Crippen molar-refractivity contribution in [3.8, 4) is 0 Å². The molecule has 2 rings (SSSR count).